The molecule has 0 fully saturated rings. The van der Waals surface area contributed by atoms with Crippen molar-refractivity contribution in [3.05, 3.63) is 53.1 Å². The molecule has 1 rings (SSSR count). The van der Waals surface area contributed by atoms with Crippen LogP contribution < -0.4 is 4.74 Å². The van der Waals surface area contributed by atoms with Gasteiger partial charge < -0.3 is 4.74 Å². The van der Waals surface area contributed by atoms with Gasteiger partial charge in [-0.2, -0.15) is 0 Å². The quantitative estimate of drug-likeness (QED) is 0.328. The largest absolute Gasteiger partial charge is 0.490 e. The van der Waals surface area contributed by atoms with Crippen LogP contribution in [-0.4, -0.2) is 10.4 Å². The number of hydrogen-bond donors (Lipinski definition) is 0. The predicted octanol–water partition coefficient (Wildman–Crippen LogP) is 7.62. The molecule has 1 aromatic carbocycles. The smallest absolute Gasteiger partial charge is 0.194 e. The van der Waals surface area contributed by atoms with Gasteiger partial charge in [0.25, 0.3) is 0 Å². The Hall–Kier alpha value is -0.630. The second-order valence-electron chi connectivity index (χ2n) is 6.47. The first kappa shape index (κ1) is 21.4. The molecule has 0 saturated carbocycles. The molecule has 0 aromatic heterocycles. The first-order valence-electron chi connectivity index (χ1n) is 8.28. The van der Waals surface area contributed by atoms with Crippen molar-refractivity contribution in [2.24, 2.45) is 0 Å². The maximum atomic E-state index is 5.79. The number of hydrogen-bond acceptors (Lipinski definition) is 1. The van der Waals surface area contributed by atoms with Crippen LogP contribution in [0.1, 0.15) is 58.4 Å². The SMILES string of the molecule is CC(=CCOc1ccc(C(C)C)cc1)CCC=C(C)CC(Cl)(Cl)Cl. The molecule has 134 valence electrons. The van der Waals surface area contributed by atoms with Gasteiger partial charge in [0.15, 0.2) is 3.79 Å². The summed E-state index contributed by atoms with van der Waals surface area (Å²) in [6.07, 6.45) is 6.64. The molecule has 0 aliphatic carbocycles. The van der Waals surface area contributed by atoms with E-state index in [1.165, 1.54) is 11.1 Å². The Morgan fingerprint density at radius 3 is 2.21 bits per heavy atom. The second kappa shape index (κ2) is 10.4. The number of halogens is 3. The molecule has 1 aromatic rings. The monoisotopic (exact) mass is 388 g/mol. The van der Waals surface area contributed by atoms with Crippen LogP contribution in [0.3, 0.4) is 0 Å². The zero-order valence-electron chi connectivity index (χ0n) is 14.9. The van der Waals surface area contributed by atoms with Gasteiger partial charge in [0.1, 0.15) is 12.4 Å². The van der Waals surface area contributed by atoms with Gasteiger partial charge >= 0.3 is 0 Å². The van der Waals surface area contributed by atoms with E-state index < -0.39 is 3.79 Å². The minimum Gasteiger partial charge on any atom is -0.490 e. The van der Waals surface area contributed by atoms with E-state index in [2.05, 4.69) is 45.1 Å². The molecule has 0 unspecified atom stereocenters. The van der Waals surface area contributed by atoms with Crippen molar-refractivity contribution in [3.63, 3.8) is 0 Å². The van der Waals surface area contributed by atoms with Crippen LogP contribution in [0.25, 0.3) is 0 Å². The summed E-state index contributed by atoms with van der Waals surface area (Å²) < 4.78 is 4.56. The van der Waals surface area contributed by atoms with Crippen molar-refractivity contribution in [1.82, 2.24) is 0 Å². The third kappa shape index (κ3) is 9.61. The fraction of sp³-hybridized carbons (Fsp3) is 0.500. The number of rotatable bonds is 8. The van der Waals surface area contributed by atoms with Gasteiger partial charge in [-0.1, -0.05) is 78.0 Å². The van der Waals surface area contributed by atoms with Crippen LogP contribution in [-0.2, 0) is 0 Å². The van der Waals surface area contributed by atoms with Gasteiger partial charge in [-0.3, -0.25) is 0 Å². The Kier molecular flexibility index (Phi) is 9.26. The minimum atomic E-state index is -1.20. The summed E-state index contributed by atoms with van der Waals surface area (Å²) in [4.78, 5) is 0. The molecule has 0 spiro atoms. The predicted molar refractivity (Wildman–Crippen MR) is 108 cm³/mol. The lowest BCUT2D eigenvalue weighted by atomic mass is 10.0. The van der Waals surface area contributed by atoms with Gasteiger partial charge in [-0.25, -0.2) is 0 Å². The highest BCUT2D eigenvalue weighted by Gasteiger charge is 2.19. The van der Waals surface area contributed by atoms with Crippen LogP contribution >= 0.6 is 34.8 Å². The zero-order chi connectivity index (χ0) is 18.2. The van der Waals surface area contributed by atoms with Crippen LogP contribution in [0.4, 0.5) is 0 Å². The fourth-order valence-electron chi connectivity index (χ4n) is 2.27. The highest BCUT2D eigenvalue weighted by atomic mass is 35.6. The molecule has 0 aliphatic rings. The Bertz CT molecular complexity index is 551. The van der Waals surface area contributed by atoms with E-state index in [0.29, 0.717) is 18.9 Å². The molecule has 0 heterocycles. The third-order valence-corrected chi connectivity index (χ3v) is 4.14. The van der Waals surface area contributed by atoms with E-state index in [1.807, 2.05) is 19.1 Å². The van der Waals surface area contributed by atoms with Gasteiger partial charge in [0.05, 0.1) is 0 Å². The van der Waals surface area contributed by atoms with Gasteiger partial charge in [0, 0.05) is 6.42 Å². The molecule has 0 amide bonds. The maximum absolute atomic E-state index is 5.79. The molecule has 24 heavy (non-hydrogen) atoms. The van der Waals surface area contributed by atoms with Crippen molar-refractivity contribution < 1.29 is 4.74 Å². The number of ether oxygens (including phenoxy) is 1. The molecule has 0 N–H and O–H groups in total. The maximum Gasteiger partial charge on any atom is 0.194 e. The van der Waals surface area contributed by atoms with Crippen LogP contribution in [0, 0.1) is 0 Å². The number of allylic oxidation sites excluding steroid dienone is 3. The van der Waals surface area contributed by atoms with Crippen molar-refractivity contribution in [3.8, 4) is 5.75 Å². The van der Waals surface area contributed by atoms with Crippen molar-refractivity contribution in [1.29, 1.82) is 0 Å². The van der Waals surface area contributed by atoms with Crippen molar-refractivity contribution in [2.75, 3.05) is 6.61 Å². The number of benzene rings is 1. The Morgan fingerprint density at radius 2 is 1.67 bits per heavy atom. The molecule has 0 radical (unpaired) electrons. The zero-order valence-corrected chi connectivity index (χ0v) is 17.2. The van der Waals surface area contributed by atoms with E-state index in [4.69, 9.17) is 39.5 Å². The summed E-state index contributed by atoms with van der Waals surface area (Å²) in [5.74, 6) is 1.45. The highest BCUT2D eigenvalue weighted by Crippen LogP contribution is 2.33. The number of alkyl halides is 3. The lowest BCUT2D eigenvalue weighted by Crippen LogP contribution is -2.01. The normalized spacial score (nSPS) is 13.5. The lowest BCUT2D eigenvalue weighted by molar-refractivity contribution is 0.361. The summed E-state index contributed by atoms with van der Waals surface area (Å²) in [6.45, 7) is 9.06. The lowest BCUT2D eigenvalue weighted by Gasteiger charge is -2.10. The molecular formula is C20H27Cl3O. The molecule has 4 heteroatoms. The highest BCUT2D eigenvalue weighted by molar-refractivity contribution is 6.67. The Balaban J connectivity index is 2.35. The summed E-state index contributed by atoms with van der Waals surface area (Å²) in [5, 5.41) is 0. The molecule has 0 aliphatic heterocycles. The molecule has 0 atom stereocenters. The summed E-state index contributed by atoms with van der Waals surface area (Å²) in [5.41, 5.74) is 3.72. The van der Waals surface area contributed by atoms with Crippen molar-refractivity contribution >= 4 is 34.8 Å². The second-order valence-corrected chi connectivity index (χ2v) is 8.98. The van der Waals surface area contributed by atoms with Crippen LogP contribution in [0.15, 0.2) is 47.6 Å². The Labute approximate surface area is 161 Å². The van der Waals surface area contributed by atoms with Gasteiger partial charge in [0.2, 0.25) is 0 Å². The van der Waals surface area contributed by atoms with E-state index in [9.17, 15) is 0 Å². The summed E-state index contributed by atoms with van der Waals surface area (Å²) >= 11 is 17.4. The van der Waals surface area contributed by atoms with Gasteiger partial charge in [-0.15, -0.1) is 0 Å². The first-order chi connectivity index (χ1) is 11.2. The van der Waals surface area contributed by atoms with E-state index in [1.54, 1.807) is 0 Å². The van der Waals surface area contributed by atoms with Crippen LogP contribution in [0.5, 0.6) is 5.75 Å². The molecule has 1 nitrogen and oxygen atoms in total. The average molecular weight is 390 g/mol. The van der Waals surface area contributed by atoms with Crippen molar-refractivity contribution in [2.45, 2.75) is 56.7 Å². The van der Waals surface area contributed by atoms with E-state index in [-0.39, 0.29) is 0 Å². The Morgan fingerprint density at radius 1 is 1.04 bits per heavy atom. The van der Waals surface area contributed by atoms with Crippen LogP contribution in [0.2, 0.25) is 0 Å². The standard InChI is InChI=1S/C20H27Cl3O/c1-15(2)18-8-10-19(11-9-18)24-13-12-16(3)6-5-7-17(4)14-20(21,22)23/h7-12,15H,5-6,13-14H2,1-4H3. The molecule has 0 bridgehead atoms. The minimum absolute atomic E-state index is 0.468. The molecule has 0 saturated heterocycles. The third-order valence-electron chi connectivity index (χ3n) is 3.74. The summed E-state index contributed by atoms with van der Waals surface area (Å²) in [7, 11) is 0. The van der Waals surface area contributed by atoms with E-state index >= 15 is 0 Å². The van der Waals surface area contributed by atoms with Gasteiger partial charge in [-0.05, 0) is 56.4 Å². The topological polar surface area (TPSA) is 9.23 Å². The first-order valence-corrected chi connectivity index (χ1v) is 9.41. The summed E-state index contributed by atoms with van der Waals surface area (Å²) in [6, 6.07) is 8.30. The molecular weight excluding hydrogens is 363 g/mol. The fourth-order valence-corrected chi connectivity index (χ4v) is 2.90. The average Bonchev–Trinajstić information content (AvgIpc) is 2.46. The van der Waals surface area contributed by atoms with E-state index in [0.717, 1.165) is 24.2 Å².